The Morgan fingerprint density at radius 3 is 1.55 bits per heavy atom. The molecule has 19 nitrogen and oxygen atoms in total. The van der Waals surface area contributed by atoms with Gasteiger partial charge in [-0.05, 0) is 6.42 Å². The molecule has 1 aliphatic carbocycles. The molecule has 0 aromatic rings. The van der Waals surface area contributed by atoms with E-state index in [1.165, 1.54) is 0 Å². The van der Waals surface area contributed by atoms with Crippen molar-refractivity contribution in [2.24, 2.45) is 28.7 Å². The molecule has 3 heterocycles. The molecule has 18 N–H and O–H groups in total. The molecule has 4 rings (SSSR count). The Morgan fingerprint density at radius 1 is 0.524 bits per heavy atom. The summed E-state index contributed by atoms with van der Waals surface area (Å²) in [6.45, 7) is -1.49. The van der Waals surface area contributed by atoms with Gasteiger partial charge in [0, 0.05) is 18.6 Å². The number of aliphatic hydroxyl groups is 8. The van der Waals surface area contributed by atoms with Crippen molar-refractivity contribution in [3.05, 3.63) is 0 Å². The zero-order valence-electron chi connectivity index (χ0n) is 22.7. The summed E-state index contributed by atoms with van der Waals surface area (Å²) in [5.41, 5.74) is 29.9. The van der Waals surface area contributed by atoms with Gasteiger partial charge in [0.05, 0.1) is 31.4 Å². The molecule has 0 amide bonds. The predicted molar refractivity (Wildman–Crippen MR) is 136 cm³/mol. The Kier molecular flexibility index (Phi) is 11.5. The average Bonchev–Trinajstić information content (AvgIpc) is 3.27. The SMILES string of the molecule is NCC1O[C@H](O[C@@H]2C(O)[C@H](OC3[C@@H](O[C@@H]4OC(CO)[C@H](O)[C@H](O)C4N)C(N)C[C@@H](N)[C@@H]3O)O[C@@H]2CO)C(N)C(O)[C@@H]1O. The molecule has 42 heavy (non-hydrogen) atoms. The van der Waals surface area contributed by atoms with E-state index in [2.05, 4.69) is 0 Å². The average molecular weight is 616 g/mol. The minimum absolute atomic E-state index is 0.0642. The lowest BCUT2D eigenvalue weighted by atomic mass is 9.84. The van der Waals surface area contributed by atoms with Crippen molar-refractivity contribution in [2.75, 3.05) is 19.8 Å². The second kappa shape index (κ2) is 14.1. The Morgan fingerprint density at radius 2 is 1.00 bits per heavy atom. The molecule has 3 aliphatic heterocycles. The maximum absolute atomic E-state index is 11.1. The quantitative estimate of drug-likeness (QED) is 0.114. The maximum atomic E-state index is 11.1. The fourth-order valence-corrected chi connectivity index (χ4v) is 5.70. The first-order valence-corrected chi connectivity index (χ1v) is 13.8. The van der Waals surface area contributed by atoms with Gasteiger partial charge in [0.2, 0.25) is 0 Å². The van der Waals surface area contributed by atoms with E-state index in [4.69, 9.17) is 57.1 Å². The number of aliphatic hydroxyl groups excluding tert-OH is 8. The Balaban J connectivity index is 1.50. The molecule has 0 aromatic carbocycles. The molecule has 19 atom stereocenters. The summed E-state index contributed by atoms with van der Waals surface area (Å²) in [5.74, 6) is 0. The topological polar surface area (TPSA) is 347 Å². The third-order valence-electron chi connectivity index (χ3n) is 8.32. The van der Waals surface area contributed by atoms with Crippen LogP contribution in [0.25, 0.3) is 0 Å². The molecule has 0 spiro atoms. The van der Waals surface area contributed by atoms with Gasteiger partial charge in [-0.3, -0.25) is 0 Å². The molecule has 0 aromatic heterocycles. The van der Waals surface area contributed by atoms with E-state index in [0.717, 1.165) is 0 Å². The second-order valence-corrected chi connectivity index (χ2v) is 11.2. The molecule has 1 saturated carbocycles. The zero-order valence-corrected chi connectivity index (χ0v) is 22.7. The summed E-state index contributed by atoms with van der Waals surface area (Å²) >= 11 is 0. The molecule has 0 bridgehead atoms. The minimum Gasteiger partial charge on any atom is -0.394 e. The molecular weight excluding hydrogens is 570 g/mol. The Labute approximate surface area is 240 Å². The van der Waals surface area contributed by atoms with Crippen molar-refractivity contribution in [1.29, 1.82) is 0 Å². The van der Waals surface area contributed by atoms with Crippen LogP contribution in [0.3, 0.4) is 0 Å². The lowest BCUT2D eigenvalue weighted by Gasteiger charge is -2.47. The van der Waals surface area contributed by atoms with E-state index in [-0.39, 0.29) is 13.0 Å². The first kappa shape index (κ1) is 34.1. The van der Waals surface area contributed by atoms with Crippen molar-refractivity contribution in [1.82, 2.24) is 0 Å². The number of ether oxygens (including phenoxy) is 6. The van der Waals surface area contributed by atoms with Crippen LogP contribution in [-0.2, 0) is 28.4 Å². The highest BCUT2D eigenvalue weighted by Crippen LogP contribution is 2.34. The van der Waals surface area contributed by atoms with E-state index in [1.54, 1.807) is 0 Å². The van der Waals surface area contributed by atoms with Crippen molar-refractivity contribution in [2.45, 2.75) is 123 Å². The van der Waals surface area contributed by atoms with Crippen LogP contribution < -0.4 is 28.7 Å². The largest absolute Gasteiger partial charge is 0.394 e. The van der Waals surface area contributed by atoms with E-state index in [9.17, 15) is 40.9 Å². The summed E-state index contributed by atoms with van der Waals surface area (Å²) in [5, 5.41) is 82.3. The van der Waals surface area contributed by atoms with Gasteiger partial charge in [-0.1, -0.05) is 0 Å². The molecule has 0 radical (unpaired) electrons. The summed E-state index contributed by atoms with van der Waals surface area (Å²) < 4.78 is 34.4. The van der Waals surface area contributed by atoms with Gasteiger partial charge >= 0.3 is 0 Å². The second-order valence-electron chi connectivity index (χ2n) is 11.2. The maximum Gasteiger partial charge on any atom is 0.187 e. The van der Waals surface area contributed by atoms with Crippen LogP contribution in [0, 0.1) is 0 Å². The molecular formula is C23H45N5O14. The van der Waals surface area contributed by atoms with Gasteiger partial charge in [-0.15, -0.1) is 0 Å². The number of hydrogen-bond donors (Lipinski definition) is 13. The number of nitrogens with two attached hydrogens (primary N) is 5. The first-order valence-electron chi connectivity index (χ1n) is 13.8. The van der Waals surface area contributed by atoms with Crippen LogP contribution in [-0.4, -0.2) is 177 Å². The van der Waals surface area contributed by atoms with Gasteiger partial charge < -0.3 is 97.9 Å². The minimum atomic E-state index is -1.62. The molecule has 4 aliphatic rings. The molecule has 19 heteroatoms. The van der Waals surface area contributed by atoms with Gasteiger partial charge in [0.1, 0.15) is 67.1 Å². The monoisotopic (exact) mass is 615 g/mol. The lowest BCUT2D eigenvalue weighted by molar-refractivity contribution is -0.310. The van der Waals surface area contributed by atoms with Crippen LogP contribution >= 0.6 is 0 Å². The van der Waals surface area contributed by atoms with Gasteiger partial charge in [-0.2, -0.15) is 0 Å². The highest BCUT2D eigenvalue weighted by Gasteiger charge is 2.54. The highest BCUT2D eigenvalue weighted by molar-refractivity contribution is 5.02. The van der Waals surface area contributed by atoms with Gasteiger partial charge in [-0.25, -0.2) is 0 Å². The fourth-order valence-electron chi connectivity index (χ4n) is 5.70. The molecule has 3 saturated heterocycles. The van der Waals surface area contributed by atoms with E-state index < -0.39 is 129 Å². The van der Waals surface area contributed by atoms with Crippen LogP contribution in [0.4, 0.5) is 0 Å². The summed E-state index contributed by atoms with van der Waals surface area (Å²) in [6, 6.07) is -4.30. The normalized spacial score (nSPS) is 53.8. The van der Waals surface area contributed by atoms with E-state index in [0.29, 0.717) is 0 Å². The first-order chi connectivity index (χ1) is 19.8. The van der Waals surface area contributed by atoms with Crippen LogP contribution in [0.15, 0.2) is 0 Å². The van der Waals surface area contributed by atoms with Crippen molar-refractivity contribution >= 4 is 0 Å². The summed E-state index contributed by atoms with van der Waals surface area (Å²) in [6.07, 6.45) is -20.5. The third-order valence-corrected chi connectivity index (χ3v) is 8.32. The molecule has 4 fully saturated rings. The lowest BCUT2D eigenvalue weighted by Crippen LogP contribution is -2.68. The van der Waals surface area contributed by atoms with E-state index >= 15 is 0 Å². The van der Waals surface area contributed by atoms with Crippen molar-refractivity contribution in [3.8, 4) is 0 Å². The third kappa shape index (κ3) is 6.60. The predicted octanol–water partition coefficient (Wildman–Crippen LogP) is -8.86. The van der Waals surface area contributed by atoms with Gasteiger partial charge in [0.25, 0.3) is 0 Å². The summed E-state index contributed by atoms with van der Waals surface area (Å²) in [7, 11) is 0. The van der Waals surface area contributed by atoms with Crippen LogP contribution in [0.5, 0.6) is 0 Å². The smallest absolute Gasteiger partial charge is 0.187 e. The number of rotatable bonds is 9. The van der Waals surface area contributed by atoms with Crippen LogP contribution in [0.1, 0.15) is 6.42 Å². The Hall–Kier alpha value is -0.760. The summed E-state index contributed by atoms with van der Waals surface area (Å²) in [4.78, 5) is 0. The van der Waals surface area contributed by atoms with Crippen LogP contribution in [0.2, 0.25) is 0 Å². The molecule has 8 unspecified atom stereocenters. The Bertz CT molecular complexity index is 866. The van der Waals surface area contributed by atoms with Crippen molar-refractivity contribution < 1.29 is 69.3 Å². The highest BCUT2D eigenvalue weighted by atomic mass is 16.8. The fraction of sp³-hybridized carbons (Fsp3) is 1.00. The van der Waals surface area contributed by atoms with Crippen molar-refractivity contribution in [3.63, 3.8) is 0 Å². The van der Waals surface area contributed by atoms with Gasteiger partial charge in [0.15, 0.2) is 18.9 Å². The number of hydrogen-bond acceptors (Lipinski definition) is 19. The van der Waals surface area contributed by atoms with E-state index in [1.807, 2.05) is 0 Å². The zero-order chi connectivity index (χ0) is 31.0. The molecule has 246 valence electrons. The standard InChI is InChI=1S/C23H45N5O14/c24-2-7-13(32)15(34)10(27)21(37-7)41-19-9(4-30)39-23(17(19)36)42-20-12(31)5(25)1-6(26)18(20)40-22-11(28)16(35)14(33)8(3-29)38-22/h5-23,29-36H,1-4,24-28H2/t5-,6?,7?,8?,9-,10?,11?,12+,13-,14+,15?,16-,17?,18+,19+,20?,21-,22+,23+/m1/s1.